The topological polar surface area (TPSA) is 23.8 Å². The van der Waals surface area contributed by atoms with E-state index < -0.39 is 6.43 Å². The van der Waals surface area contributed by atoms with Crippen molar-refractivity contribution < 1.29 is 8.78 Å². The van der Waals surface area contributed by atoms with E-state index in [1.54, 1.807) is 19.1 Å². The molecule has 0 aliphatic rings. The van der Waals surface area contributed by atoms with Gasteiger partial charge in [-0.3, -0.25) is 0 Å². The Balaban J connectivity index is 3.04. The predicted molar refractivity (Wildman–Crippen MR) is 50.1 cm³/mol. The number of rotatable bonds is 3. The summed E-state index contributed by atoms with van der Waals surface area (Å²) in [4.78, 5) is 0. The molecule has 0 fully saturated rings. The van der Waals surface area contributed by atoms with Crippen LogP contribution in [0.2, 0.25) is 0 Å². The molecule has 0 atom stereocenters. The zero-order valence-corrected chi connectivity index (χ0v) is 7.93. The van der Waals surface area contributed by atoms with Crippen molar-refractivity contribution in [3.8, 4) is 6.07 Å². The average molecular weight is 195 g/mol. The molecule has 0 aliphatic heterocycles. The van der Waals surface area contributed by atoms with Gasteiger partial charge in [0.15, 0.2) is 0 Å². The number of aryl methyl sites for hydroxylation is 1. The minimum Gasteiger partial charge on any atom is -0.205 e. The van der Waals surface area contributed by atoms with Crippen molar-refractivity contribution in [2.24, 2.45) is 0 Å². The number of hydrogen-bond donors (Lipinski definition) is 0. The van der Waals surface area contributed by atoms with Gasteiger partial charge in [0.05, 0.1) is 6.07 Å². The molecule has 0 heterocycles. The highest BCUT2D eigenvalue weighted by Crippen LogP contribution is 2.26. The third-order valence-electron chi connectivity index (χ3n) is 2.17. The third kappa shape index (κ3) is 2.29. The van der Waals surface area contributed by atoms with Crippen molar-refractivity contribution in [2.75, 3.05) is 0 Å². The fourth-order valence-corrected chi connectivity index (χ4v) is 1.45. The van der Waals surface area contributed by atoms with Gasteiger partial charge in [0, 0.05) is 12.0 Å². The highest BCUT2D eigenvalue weighted by atomic mass is 19.3. The maximum Gasteiger partial charge on any atom is 0.264 e. The zero-order valence-electron chi connectivity index (χ0n) is 7.93. The molecule has 14 heavy (non-hydrogen) atoms. The Morgan fingerprint density at radius 3 is 2.71 bits per heavy atom. The molecular weight excluding hydrogens is 184 g/mol. The maximum atomic E-state index is 12.6. The van der Waals surface area contributed by atoms with Gasteiger partial charge in [-0.25, -0.2) is 8.78 Å². The van der Waals surface area contributed by atoms with Crippen LogP contribution in [0.1, 0.15) is 29.5 Å². The van der Waals surface area contributed by atoms with Crippen LogP contribution in [-0.2, 0) is 6.42 Å². The summed E-state index contributed by atoms with van der Waals surface area (Å²) in [7, 11) is 0. The summed E-state index contributed by atoms with van der Waals surface area (Å²) in [6.07, 6.45) is -1.77. The van der Waals surface area contributed by atoms with Gasteiger partial charge in [-0.05, 0) is 24.5 Å². The molecule has 1 aromatic carbocycles. The van der Waals surface area contributed by atoms with Crippen molar-refractivity contribution in [2.45, 2.75) is 26.2 Å². The van der Waals surface area contributed by atoms with Crippen molar-refractivity contribution in [3.05, 3.63) is 34.9 Å². The monoisotopic (exact) mass is 195 g/mol. The van der Waals surface area contributed by atoms with Gasteiger partial charge in [-0.2, -0.15) is 5.26 Å². The second-order valence-corrected chi connectivity index (χ2v) is 3.10. The molecule has 74 valence electrons. The van der Waals surface area contributed by atoms with E-state index in [0.717, 1.165) is 5.56 Å². The third-order valence-corrected chi connectivity index (χ3v) is 2.17. The van der Waals surface area contributed by atoms with E-state index in [-0.39, 0.29) is 12.0 Å². The van der Waals surface area contributed by atoms with Crippen LogP contribution < -0.4 is 0 Å². The first kappa shape index (κ1) is 10.6. The smallest absolute Gasteiger partial charge is 0.205 e. The Hall–Kier alpha value is -1.43. The molecule has 0 aliphatic carbocycles. The number of hydrogen-bond acceptors (Lipinski definition) is 1. The van der Waals surface area contributed by atoms with Crippen molar-refractivity contribution >= 4 is 0 Å². The highest BCUT2D eigenvalue weighted by molar-refractivity contribution is 5.35. The van der Waals surface area contributed by atoms with Crippen LogP contribution in [-0.4, -0.2) is 0 Å². The minimum absolute atomic E-state index is 0.0558. The quantitative estimate of drug-likeness (QED) is 0.725. The van der Waals surface area contributed by atoms with Crippen molar-refractivity contribution in [1.82, 2.24) is 0 Å². The van der Waals surface area contributed by atoms with E-state index in [4.69, 9.17) is 5.26 Å². The molecule has 0 aromatic heterocycles. The van der Waals surface area contributed by atoms with Crippen LogP contribution in [0.3, 0.4) is 0 Å². The SMILES string of the molecule is Cc1cccc(C(F)F)c1CCC#N. The van der Waals surface area contributed by atoms with E-state index in [2.05, 4.69) is 0 Å². The minimum atomic E-state index is -2.46. The fraction of sp³-hybridized carbons (Fsp3) is 0.364. The van der Waals surface area contributed by atoms with Gasteiger partial charge >= 0.3 is 0 Å². The summed E-state index contributed by atoms with van der Waals surface area (Å²) >= 11 is 0. The van der Waals surface area contributed by atoms with Crippen LogP contribution in [0.25, 0.3) is 0 Å². The Morgan fingerprint density at radius 2 is 2.14 bits per heavy atom. The van der Waals surface area contributed by atoms with Gasteiger partial charge in [-0.15, -0.1) is 0 Å². The van der Waals surface area contributed by atoms with Crippen LogP contribution in [0, 0.1) is 18.3 Å². The first-order valence-electron chi connectivity index (χ1n) is 4.40. The standard InChI is InChI=1S/C11H11F2N/c1-8-4-2-5-10(11(12)13)9(8)6-3-7-14/h2,4-5,11H,3,6H2,1H3. The van der Waals surface area contributed by atoms with Crippen molar-refractivity contribution in [1.29, 1.82) is 5.26 Å². The summed E-state index contributed by atoms with van der Waals surface area (Å²) in [5.74, 6) is 0. The molecule has 0 N–H and O–H groups in total. The summed E-state index contributed by atoms with van der Waals surface area (Å²) in [5, 5.41) is 8.41. The second kappa shape index (κ2) is 4.71. The van der Waals surface area contributed by atoms with E-state index >= 15 is 0 Å². The van der Waals surface area contributed by atoms with E-state index in [9.17, 15) is 8.78 Å². The molecular formula is C11H11F2N. The first-order chi connectivity index (χ1) is 6.66. The highest BCUT2D eigenvalue weighted by Gasteiger charge is 2.13. The van der Waals surface area contributed by atoms with E-state index in [1.165, 1.54) is 6.07 Å². The molecule has 1 rings (SSSR count). The van der Waals surface area contributed by atoms with Gasteiger partial charge < -0.3 is 0 Å². The molecule has 0 unspecified atom stereocenters. The van der Waals surface area contributed by atoms with Crippen molar-refractivity contribution in [3.63, 3.8) is 0 Å². The number of halogens is 2. The Kier molecular flexibility index (Phi) is 3.58. The van der Waals surface area contributed by atoms with Gasteiger partial charge in [0.25, 0.3) is 6.43 Å². The molecule has 0 bridgehead atoms. The number of benzene rings is 1. The zero-order chi connectivity index (χ0) is 10.6. The molecule has 3 heteroatoms. The largest absolute Gasteiger partial charge is 0.264 e. The lowest BCUT2D eigenvalue weighted by Crippen LogP contribution is -1.97. The van der Waals surface area contributed by atoms with E-state index in [0.29, 0.717) is 12.0 Å². The molecule has 0 radical (unpaired) electrons. The van der Waals surface area contributed by atoms with Gasteiger partial charge in [0.2, 0.25) is 0 Å². The van der Waals surface area contributed by atoms with Gasteiger partial charge in [0.1, 0.15) is 0 Å². The van der Waals surface area contributed by atoms with Crippen LogP contribution in [0.15, 0.2) is 18.2 Å². The van der Waals surface area contributed by atoms with Crippen LogP contribution >= 0.6 is 0 Å². The Morgan fingerprint density at radius 1 is 1.43 bits per heavy atom. The summed E-state index contributed by atoms with van der Waals surface area (Å²) in [6.45, 7) is 1.79. The maximum absolute atomic E-state index is 12.6. The fourth-order valence-electron chi connectivity index (χ4n) is 1.45. The van der Waals surface area contributed by atoms with Crippen LogP contribution in [0.4, 0.5) is 8.78 Å². The normalized spacial score (nSPS) is 10.2. The first-order valence-corrected chi connectivity index (χ1v) is 4.40. The molecule has 0 amide bonds. The summed E-state index contributed by atoms with van der Waals surface area (Å²) in [5.41, 5.74) is 1.50. The van der Waals surface area contributed by atoms with Gasteiger partial charge in [-0.1, -0.05) is 18.2 Å². The number of nitrogens with zero attached hydrogens (tertiary/aromatic N) is 1. The number of nitriles is 1. The molecule has 1 aromatic rings. The summed E-state index contributed by atoms with van der Waals surface area (Å²) < 4.78 is 25.1. The molecule has 0 saturated carbocycles. The average Bonchev–Trinajstić information content (AvgIpc) is 2.15. The van der Waals surface area contributed by atoms with Crippen LogP contribution in [0.5, 0.6) is 0 Å². The van der Waals surface area contributed by atoms with E-state index in [1.807, 2.05) is 6.07 Å². The summed E-state index contributed by atoms with van der Waals surface area (Å²) in [6, 6.07) is 6.79. The Bertz CT molecular complexity index is 353. The molecule has 0 spiro atoms. The molecule has 0 saturated heterocycles. The number of alkyl halides is 2. The lowest BCUT2D eigenvalue weighted by Gasteiger charge is -2.10. The molecule has 1 nitrogen and oxygen atoms in total. The lowest BCUT2D eigenvalue weighted by atomic mass is 9.98. The predicted octanol–water partition coefficient (Wildman–Crippen LogP) is 3.39. The Labute approximate surface area is 82.0 Å². The lowest BCUT2D eigenvalue weighted by molar-refractivity contribution is 0.150. The second-order valence-electron chi connectivity index (χ2n) is 3.10.